The average Bonchev–Trinajstić information content (AvgIpc) is 3.03. The lowest BCUT2D eigenvalue weighted by atomic mass is 10.1. The van der Waals surface area contributed by atoms with Crippen LogP contribution in [0.3, 0.4) is 0 Å². The zero-order valence-corrected chi connectivity index (χ0v) is 10.5. The molecular formula is C15H19NO2. The first kappa shape index (κ1) is 11.6. The normalized spacial score (nSPS) is 16.5. The van der Waals surface area contributed by atoms with Gasteiger partial charge in [-0.15, -0.1) is 0 Å². The predicted molar refractivity (Wildman–Crippen MR) is 71.6 cm³/mol. The highest BCUT2D eigenvalue weighted by molar-refractivity contribution is 5.85. The Balaban J connectivity index is 1.84. The van der Waals surface area contributed by atoms with Crippen molar-refractivity contribution in [2.45, 2.75) is 32.2 Å². The minimum absolute atomic E-state index is 0.384. The van der Waals surface area contributed by atoms with E-state index in [4.69, 9.17) is 14.9 Å². The van der Waals surface area contributed by atoms with Crippen LogP contribution >= 0.6 is 0 Å². The van der Waals surface area contributed by atoms with E-state index in [1.165, 1.54) is 25.7 Å². The zero-order chi connectivity index (χ0) is 12.4. The first-order chi connectivity index (χ1) is 8.88. The fourth-order valence-electron chi connectivity index (χ4n) is 2.74. The first-order valence-corrected chi connectivity index (χ1v) is 6.71. The van der Waals surface area contributed by atoms with Crippen molar-refractivity contribution in [3.05, 3.63) is 30.0 Å². The van der Waals surface area contributed by atoms with Gasteiger partial charge in [0.15, 0.2) is 11.5 Å². The Hall–Kier alpha value is -1.48. The number of para-hydroxylation sites is 1. The maximum atomic E-state index is 5.99. The molecule has 1 aliphatic carbocycles. The number of hydrogen-bond acceptors (Lipinski definition) is 3. The summed E-state index contributed by atoms with van der Waals surface area (Å²) < 4.78 is 11.7. The molecule has 18 heavy (non-hydrogen) atoms. The average molecular weight is 245 g/mol. The maximum absolute atomic E-state index is 5.99. The first-order valence-electron chi connectivity index (χ1n) is 6.71. The number of benzene rings is 1. The molecule has 3 heteroatoms. The van der Waals surface area contributed by atoms with E-state index in [1.807, 2.05) is 24.3 Å². The van der Waals surface area contributed by atoms with Crippen molar-refractivity contribution in [3.63, 3.8) is 0 Å². The van der Waals surface area contributed by atoms with E-state index < -0.39 is 0 Å². The van der Waals surface area contributed by atoms with Gasteiger partial charge in [-0.25, -0.2) is 0 Å². The van der Waals surface area contributed by atoms with Crippen molar-refractivity contribution in [2.24, 2.45) is 11.7 Å². The molecule has 0 amide bonds. The van der Waals surface area contributed by atoms with Crippen LogP contribution < -0.4 is 10.5 Å². The Kier molecular flexibility index (Phi) is 3.24. The van der Waals surface area contributed by atoms with Crippen LogP contribution in [0.15, 0.2) is 28.7 Å². The SMILES string of the molecule is NCc1oc2ccccc2c1OCC1CCCC1. The Morgan fingerprint density at radius 2 is 2.00 bits per heavy atom. The Morgan fingerprint density at radius 3 is 2.78 bits per heavy atom. The van der Waals surface area contributed by atoms with E-state index in [0.717, 1.165) is 29.1 Å². The van der Waals surface area contributed by atoms with Gasteiger partial charge in [0.2, 0.25) is 0 Å². The van der Waals surface area contributed by atoms with Crippen LogP contribution in [-0.2, 0) is 6.54 Å². The number of fused-ring (bicyclic) bond motifs is 1. The number of rotatable bonds is 4. The summed E-state index contributed by atoms with van der Waals surface area (Å²) in [5.74, 6) is 2.30. The van der Waals surface area contributed by atoms with Crippen LogP contribution in [0.4, 0.5) is 0 Å². The Morgan fingerprint density at radius 1 is 1.22 bits per heavy atom. The van der Waals surface area contributed by atoms with Gasteiger partial charge in [0.1, 0.15) is 5.58 Å². The number of nitrogens with two attached hydrogens (primary N) is 1. The second-order valence-corrected chi connectivity index (χ2v) is 5.02. The summed E-state index contributed by atoms with van der Waals surface area (Å²) >= 11 is 0. The maximum Gasteiger partial charge on any atom is 0.169 e. The van der Waals surface area contributed by atoms with E-state index in [9.17, 15) is 0 Å². The molecule has 1 aromatic carbocycles. The highest BCUT2D eigenvalue weighted by atomic mass is 16.5. The van der Waals surface area contributed by atoms with Crippen molar-refractivity contribution < 1.29 is 9.15 Å². The molecule has 2 aromatic rings. The lowest BCUT2D eigenvalue weighted by Gasteiger charge is -2.11. The van der Waals surface area contributed by atoms with E-state index in [0.29, 0.717) is 12.5 Å². The summed E-state index contributed by atoms with van der Waals surface area (Å²) in [7, 11) is 0. The molecule has 0 saturated heterocycles. The molecule has 96 valence electrons. The smallest absolute Gasteiger partial charge is 0.169 e. The predicted octanol–water partition coefficient (Wildman–Crippen LogP) is 3.46. The van der Waals surface area contributed by atoms with Gasteiger partial charge in [0, 0.05) is 0 Å². The van der Waals surface area contributed by atoms with E-state index in [-0.39, 0.29) is 0 Å². The van der Waals surface area contributed by atoms with Crippen molar-refractivity contribution in [3.8, 4) is 5.75 Å². The third-order valence-electron chi connectivity index (χ3n) is 3.74. The third-order valence-corrected chi connectivity index (χ3v) is 3.74. The molecule has 0 aliphatic heterocycles. The van der Waals surface area contributed by atoms with Crippen molar-refractivity contribution in [1.29, 1.82) is 0 Å². The summed E-state index contributed by atoms with van der Waals surface area (Å²) in [5.41, 5.74) is 6.59. The number of furan rings is 1. The lowest BCUT2D eigenvalue weighted by molar-refractivity contribution is 0.248. The Labute approximate surface area is 107 Å². The molecule has 0 radical (unpaired) electrons. The Bertz CT molecular complexity index is 526. The largest absolute Gasteiger partial charge is 0.489 e. The second-order valence-electron chi connectivity index (χ2n) is 5.02. The molecule has 1 heterocycles. The topological polar surface area (TPSA) is 48.4 Å². The van der Waals surface area contributed by atoms with Crippen LogP contribution in [0.1, 0.15) is 31.4 Å². The molecule has 0 unspecified atom stereocenters. The van der Waals surface area contributed by atoms with Crippen LogP contribution in [0.2, 0.25) is 0 Å². The molecule has 3 nitrogen and oxygen atoms in total. The summed E-state index contributed by atoms with van der Waals surface area (Å²) in [6, 6.07) is 7.95. The van der Waals surface area contributed by atoms with Crippen LogP contribution in [0, 0.1) is 5.92 Å². The molecule has 1 aliphatic rings. The van der Waals surface area contributed by atoms with Gasteiger partial charge in [-0.3, -0.25) is 0 Å². The van der Waals surface area contributed by atoms with Gasteiger partial charge in [-0.1, -0.05) is 25.0 Å². The van der Waals surface area contributed by atoms with Crippen LogP contribution in [0.25, 0.3) is 11.0 Å². The molecule has 0 atom stereocenters. The molecular weight excluding hydrogens is 226 g/mol. The standard InChI is InChI=1S/C15H19NO2/c16-9-14-15(17-10-11-5-1-2-6-11)12-7-3-4-8-13(12)18-14/h3-4,7-8,11H,1-2,5-6,9-10,16H2. The highest BCUT2D eigenvalue weighted by Crippen LogP contribution is 2.34. The highest BCUT2D eigenvalue weighted by Gasteiger charge is 2.19. The van der Waals surface area contributed by atoms with Gasteiger partial charge < -0.3 is 14.9 Å². The molecule has 0 spiro atoms. The van der Waals surface area contributed by atoms with Crippen molar-refractivity contribution in [1.82, 2.24) is 0 Å². The summed E-state index contributed by atoms with van der Waals surface area (Å²) in [6.45, 7) is 1.17. The minimum Gasteiger partial charge on any atom is -0.489 e. The monoisotopic (exact) mass is 245 g/mol. The number of hydrogen-bond donors (Lipinski definition) is 1. The third kappa shape index (κ3) is 2.10. The molecule has 3 rings (SSSR count). The lowest BCUT2D eigenvalue weighted by Crippen LogP contribution is -2.09. The van der Waals surface area contributed by atoms with E-state index in [2.05, 4.69) is 0 Å². The van der Waals surface area contributed by atoms with Gasteiger partial charge in [0.25, 0.3) is 0 Å². The molecule has 1 saturated carbocycles. The molecule has 0 bridgehead atoms. The van der Waals surface area contributed by atoms with Gasteiger partial charge in [-0.05, 0) is 30.9 Å². The van der Waals surface area contributed by atoms with Crippen molar-refractivity contribution in [2.75, 3.05) is 6.61 Å². The summed E-state index contributed by atoms with van der Waals surface area (Å²) in [5, 5.41) is 1.04. The number of ether oxygens (including phenoxy) is 1. The van der Waals surface area contributed by atoms with Crippen molar-refractivity contribution >= 4 is 11.0 Å². The molecule has 1 fully saturated rings. The molecule has 2 N–H and O–H groups in total. The second kappa shape index (κ2) is 5.02. The van der Waals surface area contributed by atoms with E-state index >= 15 is 0 Å². The zero-order valence-electron chi connectivity index (χ0n) is 10.5. The fraction of sp³-hybridized carbons (Fsp3) is 0.467. The van der Waals surface area contributed by atoms with Gasteiger partial charge >= 0.3 is 0 Å². The van der Waals surface area contributed by atoms with Gasteiger partial charge in [0.05, 0.1) is 18.5 Å². The van der Waals surface area contributed by atoms with Gasteiger partial charge in [-0.2, -0.15) is 0 Å². The van der Waals surface area contributed by atoms with Crippen LogP contribution in [-0.4, -0.2) is 6.61 Å². The molecule has 1 aromatic heterocycles. The summed E-state index contributed by atoms with van der Waals surface area (Å²) in [6.07, 6.45) is 5.25. The van der Waals surface area contributed by atoms with E-state index in [1.54, 1.807) is 0 Å². The van der Waals surface area contributed by atoms with Crippen LogP contribution in [0.5, 0.6) is 5.75 Å². The summed E-state index contributed by atoms with van der Waals surface area (Å²) in [4.78, 5) is 0. The minimum atomic E-state index is 0.384. The quantitative estimate of drug-likeness (QED) is 0.897. The fourth-order valence-corrected chi connectivity index (χ4v) is 2.74.